The normalized spacial score (nSPS) is 19.0. The Hall–Kier alpha value is -10.9. The summed E-state index contributed by atoms with van der Waals surface area (Å²) in [5.41, 5.74) is 5.34. The minimum Gasteiger partial charge on any atom is -0.550 e. The number of unbranched alkanes of at least 4 members (excludes halogenated alkanes) is 3. The molecular formula is C82H115N13O48P6S. The number of rotatable bonds is 71. The standard InChI is InChI=1S/C82H115N13O48P6S/c1-46-42-94(82(121)90-77(46)115)68-41-61(99)62(138-68)44-137-145(124,125)140-147(128,129)142-149(132,133)143-148(130,131)141-146(126,127)139-144(122,123)136-33-9-3-2-8-29-84-65(101)28-35-135-37-32-95-75-50-11-5-4-10-49(50)43-93(57-13-7-6-12-51(57)74(75)91-92-95)67(103)26-30-85-66(102)27-34-134-36-31-86-64(100)20-16-52-58(96)40-63(76(52)114)150-45-56(81(119)120)89-79(117)48(15-22-70(106)107)39-59(97)54(18-24-72(110)111)87-78(116)47(14-21-69(104)105)38-60(98)55(19-25-73(112)113)88-80(118)53(83)17-23-71(108)109/h4-7,10-13,42,47-48,52-56,61-63,68,99H,2-3,8-9,14-41,43-45,83H2,1H3,(H,84,101)(H,85,102)(H,86,100)(H,87,116)(H,88,118)(H,89,117)(H,104,105)(H,106,107)(H,108,109)(H,110,111)(H,112,113)(H,119,120)(H,122,123)(H,124,125)(H,126,127)(H,128,129)(H,130,131)(H,132,133)(H,90,115,121)/t47-,48-,52?,53+,54+,55+,56+,61?,62-,63?,68-/m1/s1. The Morgan fingerprint density at radius 2 is 1.06 bits per heavy atom. The van der Waals surface area contributed by atoms with E-state index >= 15 is 0 Å². The first-order chi connectivity index (χ1) is 70.3. The maximum atomic E-state index is 14.2. The van der Waals surface area contributed by atoms with E-state index in [1.165, 1.54) is 6.92 Å². The van der Waals surface area contributed by atoms with E-state index in [1.807, 2.05) is 17.1 Å². The van der Waals surface area contributed by atoms with Crippen LogP contribution in [0.3, 0.4) is 0 Å². The number of Topliss-reactive ketones (excluding diaryl/α,β-unsaturated/α-hetero) is 4. The number of H-pyrrole nitrogens is 1. The number of carboxylic acids is 6. The van der Waals surface area contributed by atoms with E-state index < -0.39 is 308 Å². The number of phosphoric ester groups is 2. The summed E-state index contributed by atoms with van der Waals surface area (Å²) in [6.45, 7) is -0.378. The van der Waals surface area contributed by atoms with Crippen molar-refractivity contribution in [1.29, 1.82) is 0 Å². The number of amides is 7. The summed E-state index contributed by atoms with van der Waals surface area (Å²) in [6, 6.07) is 7.55. The topological polar surface area (TPSA) is 939 Å². The number of carbonyl (C=O) groups excluding carboxylic acids is 12. The number of aromatic amines is 1. The van der Waals surface area contributed by atoms with E-state index in [1.54, 1.807) is 46.0 Å². The smallest absolute Gasteiger partial charge is 0.490 e. The summed E-state index contributed by atoms with van der Waals surface area (Å²) in [6.07, 6.45) is -12.7. The number of ketones is 4. The molecule has 7 rings (SSSR count). The van der Waals surface area contributed by atoms with Gasteiger partial charge in [0.05, 0.1) is 93.5 Å². The Labute approximate surface area is 854 Å². The predicted molar refractivity (Wildman–Crippen MR) is 504 cm³/mol. The van der Waals surface area contributed by atoms with Crippen molar-refractivity contribution in [2.24, 2.45) is 17.8 Å². The van der Waals surface area contributed by atoms with E-state index in [-0.39, 0.29) is 134 Å². The molecule has 68 heteroatoms. The average molecular weight is 2270 g/mol. The number of ether oxygens (including phenoxy) is 3. The summed E-state index contributed by atoms with van der Waals surface area (Å²) in [5, 5.41) is 92.0. The molecule has 2 aromatic heterocycles. The lowest BCUT2D eigenvalue weighted by molar-refractivity contribution is -0.406. The maximum absolute atomic E-state index is 14.2. The van der Waals surface area contributed by atoms with Crippen molar-refractivity contribution in [2.75, 3.05) is 69.9 Å². The van der Waals surface area contributed by atoms with Crippen LogP contribution in [0.25, 0.3) is 22.5 Å². The first kappa shape index (κ1) is 126. The molecule has 9 unspecified atom stereocenters. The molecule has 22 N–H and O–H groups in total. The molecule has 832 valence electrons. The number of hydrogen-bond acceptors (Lipinski definition) is 40. The summed E-state index contributed by atoms with van der Waals surface area (Å²) in [5.74, 6) is -23.1. The lowest BCUT2D eigenvalue weighted by atomic mass is 9.89. The van der Waals surface area contributed by atoms with Gasteiger partial charge >= 0.3 is 82.5 Å². The fourth-order valence-corrected chi connectivity index (χ4v) is 24.1. The van der Waals surface area contributed by atoms with Gasteiger partial charge in [-0.25, -0.2) is 41.7 Å². The Morgan fingerprint density at radius 1 is 0.560 bits per heavy atom. The van der Waals surface area contributed by atoms with Crippen molar-refractivity contribution in [3.63, 3.8) is 0 Å². The number of para-hydroxylation sites is 1. The fraction of sp³-hybridized carbons (Fsp3) is 0.573. The highest BCUT2D eigenvalue weighted by atomic mass is 32.2. The SMILES string of the molecule is Cc1cn([C@H]2CC(O)[C@@H](COP(=O)(O)OP(=O)(O)OP(=O)(O)OP(=O)(O)OP(=O)(O)OP(=O)(O)OCCCCCCNC(=O)CCOCCn3nnc4c3-c3ccccc3CN(C(=O)CCNC(=O)CCOCCNC(=O)CCC3C(=O)CC(SC[C@H](NC(=O)[C@H](CCC(=O)O)CC(=O)[C@H](CCC(=O)O)NC(=O)[C@H](CCC(=O)O)CC(=O)[C@H](CCC(=O)O)NC(=O)[C@@H]([NH3+])CCC(=O)[O-])C(=O)O)C3=O)c3ccccc3-4)O2)c(=O)[nH]c1=O. The molecule has 1 saturated heterocycles. The van der Waals surface area contributed by atoms with Crippen LogP contribution in [0.15, 0.2) is 64.3 Å². The Morgan fingerprint density at radius 3 is 1.63 bits per heavy atom. The molecule has 0 radical (unpaired) electrons. The number of anilines is 1. The maximum Gasteiger partial charge on any atom is 0.490 e. The molecule has 2 aromatic carbocycles. The van der Waals surface area contributed by atoms with E-state index in [2.05, 4.69) is 78.5 Å². The number of aliphatic hydroxyl groups is 1. The average Bonchev–Trinajstić information content (AvgIpc) is 1.56. The number of fused-ring (bicyclic) bond motifs is 5. The second-order valence-corrected chi connectivity index (χ2v) is 44.6. The fourth-order valence-electron chi connectivity index (χ4n) is 15.0. The first-order valence-electron chi connectivity index (χ1n) is 46.0. The van der Waals surface area contributed by atoms with Crippen LogP contribution >= 0.6 is 58.7 Å². The first-order valence-corrected chi connectivity index (χ1v) is 56.0. The molecule has 2 aliphatic heterocycles. The van der Waals surface area contributed by atoms with E-state index in [0.717, 1.165) is 10.8 Å². The molecule has 7 amide bonds. The lowest BCUT2D eigenvalue weighted by Crippen LogP contribution is -2.68. The molecule has 4 aromatic rings. The van der Waals surface area contributed by atoms with Crippen molar-refractivity contribution in [3.8, 4) is 22.5 Å². The Balaban J connectivity index is 0.768. The van der Waals surface area contributed by atoms with Crippen LogP contribution in [0.4, 0.5) is 5.69 Å². The number of benzene rings is 2. The van der Waals surface area contributed by atoms with Gasteiger partial charge in [0, 0.05) is 150 Å². The third-order valence-corrected chi connectivity index (χ3v) is 33.0. The Kier molecular flexibility index (Phi) is 49.8. The van der Waals surface area contributed by atoms with Gasteiger partial charge in [-0.2, -0.15) is 21.6 Å². The molecule has 61 nitrogen and oxygen atoms in total. The van der Waals surface area contributed by atoms with Crippen molar-refractivity contribution >= 4 is 165 Å². The molecule has 4 heterocycles. The number of aryl methyl sites for hydroxylation is 1. The zero-order valence-corrected chi connectivity index (χ0v) is 86.1. The third kappa shape index (κ3) is 43.3. The number of hydrogen-bond donors (Lipinski definition) is 20. The minimum atomic E-state index is -6.59. The summed E-state index contributed by atoms with van der Waals surface area (Å²) < 4.78 is 121. The molecule has 2 fully saturated rings. The summed E-state index contributed by atoms with van der Waals surface area (Å²) in [4.78, 5) is 305. The van der Waals surface area contributed by atoms with Gasteiger partial charge in [-0.3, -0.25) is 95.3 Å². The second kappa shape index (κ2) is 59.3. The number of carbonyl (C=O) groups is 17. The monoisotopic (exact) mass is 2270 g/mol. The number of thioether (sulfide) groups is 1. The molecule has 1 aliphatic carbocycles. The second-order valence-electron chi connectivity index (χ2n) is 33.9. The highest BCUT2D eigenvalue weighted by molar-refractivity contribution is 8.00. The van der Waals surface area contributed by atoms with Crippen molar-refractivity contribution in [1.82, 2.24) is 56.4 Å². The van der Waals surface area contributed by atoms with Crippen LogP contribution in [0, 0.1) is 24.7 Å². The number of phosphoric acid groups is 6. The van der Waals surface area contributed by atoms with Crippen LogP contribution in [0.2, 0.25) is 0 Å². The van der Waals surface area contributed by atoms with Crippen molar-refractivity contribution in [3.05, 3.63) is 86.7 Å². The van der Waals surface area contributed by atoms with Crippen LogP contribution in [0.1, 0.15) is 165 Å². The number of aromatic nitrogens is 5. The molecular weight excluding hydrogens is 2150 g/mol. The van der Waals surface area contributed by atoms with Crippen LogP contribution in [-0.4, -0.2) is 291 Å². The van der Waals surface area contributed by atoms with Gasteiger partial charge in [0.2, 0.25) is 35.4 Å². The van der Waals surface area contributed by atoms with E-state index in [0.29, 0.717) is 58.4 Å². The van der Waals surface area contributed by atoms with Gasteiger partial charge in [0.15, 0.2) is 23.4 Å². The minimum absolute atomic E-state index is 0.0205. The number of quaternary nitrogens is 1. The predicted octanol–water partition coefficient (Wildman–Crippen LogP) is -0.873. The third-order valence-electron chi connectivity index (χ3n) is 22.4. The van der Waals surface area contributed by atoms with Crippen LogP contribution < -0.4 is 58.9 Å². The van der Waals surface area contributed by atoms with Crippen molar-refractivity contribution < 1.29 is 225 Å². The largest absolute Gasteiger partial charge is 0.550 e. The van der Waals surface area contributed by atoms with Gasteiger partial charge < -0.3 is 127 Å². The number of nitrogens with zero attached hydrogens (tertiary/aromatic N) is 5. The number of nitrogens with one attached hydrogen (secondary N) is 7. The number of carboxylic acid groups (broad SMARTS) is 6. The quantitative estimate of drug-likeness (QED) is 0.0145. The van der Waals surface area contributed by atoms with Gasteiger partial charge in [-0.05, 0) is 69.9 Å². The van der Waals surface area contributed by atoms with E-state index in [4.69, 9.17) is 14.2 Å². The molecule has 1 saturated carbocycles. The molecule has 0 bridgehead atoms. The van der Waals surface area contributed by atoms with E-state index in [9.17, 15) is 184 Å². The zero-order valence-electron chi connectivity index (χ0n) is 79.9. The highest BCUT2D eigenvalue weighted by Crippen LogP contribution is 2.75. The molecule has 17 atom stereocenters. The Bertz CT molecular complexity index is 5990. The zero-order chi connectivity index (χ0) is 111. The summed E-state index contributed by atoms with van der Waals surface area (Å²) >= 11 is 0.664. The number of aliphatic carboxylic acids is 6. The molecule has 150 heavy (non-hydrogen) atoms. The molecule has 0 spiro atoms. The van der Waals surface area contributed by atoms with Gasteiger partial charge in [-0.1, -0.05) is 60.5 Å². The number of aliphatic hydroxyl groups excluding tert-OH is 1. The van der Waals surface area contributed by atoms with Gasteiger partial charge in [0.1, 0.15) is 29.9 Å². The molecule has 3 aliphatic rings. The van der Waals surface area contributed by atoms with Gasteiger partial charge in [0.25, 0.3) is 11.5 Å². The van der Waals surface area contributed by atoms with Gasteiger partial charge in [-0.15, -0.1) is 16.9 Å². The highest BCUT2D eigenvalue weighted by Gasteiger charge is 2.51. The lowest BCUT2D eigenvalue weighted by Gasteiger charge is -2.28. The summed E-state index contributed by atoms with van der Waals surface area (Å²) in [7, 11) is -37.5. The van der Waals surface area contributed by atoms with Crippen LogP contribution in [-0.2, 0) is 167 Å². The van der Waals surface area contributed by atoms with Crippen LogP contribution in [0.5, 0.6) is 0 Å². The van der Waals surface area contributed by atoms with Crippen molar-refractivity contribution in [2.45, 2.75) is 216 Å².